The molecule has 0 aliphatic carbocycles. The van der Waals surface area contributed by atoms with Gasteiger partial charge >= 0.3 is 0 Å². The van der Waals surface area contributed by atoms with Gasteiger partial charge in [-0.15, -0.1) is 0 Å². The van der Waals surface area contributed by atoms with Crippen molar-refractivity contribution in [2.45, 2.75) is 24.8 Å². The molecule has 0 spiro atoms. The van der Waals surface area contributed by atoms with Gasteiger partial charge in [-0.1, -0.05) is 42.1 Å². The van der Waals surface area contributed by atoms with E-state index in [4.69, 9.17) is 9.47 Å². The van der Waals surface area contributed by atoms with Gasteiger partial charge in [0.15, 0.2) is 16.7 Å². The largest absolute Gasteiger partial charge is 0.454 e. The van der Waals surface area contributed by atoms with Crippen molar-refractivity contribution in [3.63, 3.8) is 0 Å². The van der Waals surface area contributed by atoms with Gasteiger partial charge in [0, 0.05) is 30.0 Å². The molecular formula is C27H21N5O6S. The maximum atomic E-state index is 13.5. The zero-order valence-electron chi connectivity index (χ0n) is 20.4. The second kappa shape index (κ2) is 10.2. The average Bonchev–Trinajstić information content (AvgIpc) is 3.55. The molecular weight excluding hydrogens is 522 g/mol. The number of amides is 2. The number of thioether (sulfide) groups is 1. The lowest BCUT2D eigenvalue weighted by Crippen LogP contribution is -2.42. The maximum absolute atomic E-state index is 13.5. The number of nitrogens with one attached hydrogen (secondary N) is 1. The van der Waals surface area contributed by atoms with Crippen molar-refractivity contribution in [3.05, 3.63) is 93.5 Å². The Bertz CT molecular complexity index is 1570. The standard InChI is InChI=1S/C27H21N5O6S/c33-24(28-13-16-8-9-22-23(11-16)38-15-37-22)12-21-26(34)31-25(29-21)19-6-1-2-7-20(19)30-27(31)39-14-17-4-3-5-18(10-17)32(35)36/h1-11,21H,12-15H2,(H,28,33)/t21-/m1/s1. The first kappa shape index (κ1) is 24.6. The molecule has 39 heavy (non-hydrogen) atoms. The molecule has 0 fully saturated rings. The normalized spacial score (nSPS) is 16.8. The third kappa shape index (κ3) is 4.93. The highest BCUT2D eigenvalue weighted by Crippen LogP contribution is 2.35. The van der Waals surface area contributed by atoms with E-state index in [2.05, 4.69) is 15.3 Å². The summed E-state index contributed by atoms with van der Waals surface area (Å²) in [7, 11) is 0. The quantitative estimate of drug-likeness (QED) is 0.352. The third-order valence-corrected chi connectivity index (χ3v) is 7.35. The van der Waals surface area contributed by atoms with Crippen LogP contribution in [0.1, 0.15) is 23.1 Å². The Hall–Kier alpha value is -4.71. The predicted molar refractivity (Wildman–Crippen MR) is 144 cm³/mol. The Morgan fingerprint density at radius 2 is 1.92 bits per heavy atom. The molecule has 0 saturated heterocycles. The summed E-state index contributed by atoms with van der Waals surface area (Å²) in [6, 6.07) is 18.2. The van der Waals surface area contributed by atoms with Crippen molar-refractivity contribution < 1.29 is 24.0 Å². The summed E-state index contributed by atoms with van der Waals surface area (Å²) in [5, 5.41) is 14.4. The molecule has 1 N–H and O–H groups in total. The fraction of sp³-hybridized carbons (Fsp3) is 0.185. The van der Waals surface area contributed by atoms with Crippen LogP contribution in [0.2, 0.25) is 0 Å². The minimum atomic E-state index is -0.897. The van der Waals surface area contributed by atoms with Crippen LogP contribution >= 0.6 is 11.8 Å². The molecule has 3 aliphatic heterocycles. The van der Waals surface area contributed by atoms with Gasteiger partial charge < -0.3 is 14.8 Å². The highest BCUT2D eigenvalue weighted by Gasteiger charge is 2.42. The molecule has 3 aromatic rings. The SMILES string of the molecule is O=C(C[C@H]1N=C2c3ccccc3N=C(SCc3cccc([N+](=O)[O-])c3)N2C1=O)NCc1ccc2c(c1)OCO2. The summed E-state index contributed by atoms with van der Waals surface area (Å²) < 4.78 is 10.7. The van der Waals surface area contributed by atoms with Crippen LogP contribution in [0.3, 0.4) is 0 Å². The van der Waals surface area contributed by atoms with Gasteiger partial charge in [0.1, 0.15) is 11.9 Å². The molecule has 1 atom stereocenters. The predicted octanol–water partition coefficient (Wildman–Crippen LogP) is 3.92. The van der Waals surface area contributed by atoms with Crippen molar-refractivity contribution in [3.8, 4) is 11.5 Å². The molecule has 0 unspecified atom stereocenters. The Morgan fingerprint density at radius 1 is 1.08 bits per heavy atom. The number of aliphatic imine (C=N–C) groups is 2. The Kier molecular flexibility index (Phi) is 6.45. The monoisotopic (exact) mass is 543 g/mol. The van der Waals surface area contributed by atoms with E-state index in [1.807, 2.05) is 36.4 Å². The van der Waals surface area contributed by atoms with Gasteiger partial charge in [-0.05, 0) is 35.4 Å². The van der Waals surface area contributed by atoms with Crippen molar-refractivity contribution >= 4 is 46.0 Å². The second-order valence-corrected chi connectivity index (χ2v) is 9.88. The molecule has 0 saturated carbocycles. The lowest BCUT2D eigenvalue weighted by Gasteiger charge is -2.25. The van der Waals surface area contributed by atoms with E-state index in [1.165, 1.54) is 28.8 Å². The number of fused-ring (bicyclic) bond motifs is 4. The fourth-order valence-corrected chi connectivity index (χ4v) is 5.38. The van der Waals surface area contributed by atoms with E-state index in [0.29, 0.717) is 39.5 Å². The number of carbonyl (C=O) groups excluding carboxylic acids is 2. The Labute approximate surface area is 226 Å². The number of hydrogen-bond acceptors (Lipinski definition) is 9. The highest BCUT2D eigenvalue weighted by molar-refractivity contribution is 8.13. The van der Waals surface area contributed by atoms with E-state index >= 15 is 0 Å². The van der Waals surface area contributed by atoms with Crippen LogP contribution in [0.15, 0.2) is 76.7 Å². The number of benzene rings is 3. The number of nitrogens with zero attached hydrogens (tertiary/aromatic N) is 4. The lowest BCUT2D eigenvalue weighted by molar-refractivity contribution is -0.384. The van der Waals surface area contributed by atoms with Gasteiger partial charge in [-0.2, -0.15) is 0 Å². The first-order valence-corrected chi connectivity index (χ1v) is 13.1. The number of nitro benzene ring substituents is 1. The number of nitro groups is 1. The summed E-state index contributed by atoms with van der Waals surface area (Å²) in [6.07, 6.45) is -0.117. The van der Waals surface area contributed by atoms with Crippen LogP contribution < -0.4 is 14.8 Å². The number of amidine groups is 2. The molecule has 0 bridgehead atoms. The number of hydrogen-bond donors (Lipinski definition) is 1. The summed E-state index contributed by atoms with van der Waals surface area (Å²) in [6.45, 7) is 0.440. The summed E-state index contributed by atoms with van der Waals surface area (Å²) in [4.78, 5) is 47.7. The zero-order valence-corrected chi connectivity index (χ0v) is 21.2. The number of para-hydroxylation sites is 1. The van der Waals surface area contributed by atoms with Crippen LogP contribution in [0, 0.1) is 10.1 Å². The van der Waals surface area contributed by atoms with Gasteiger partial charge in [-0.3, -0.25) is 24.7 Å². The number of ether oxygens (including phenoxy) is 2. The molecule has 3 aromatic carbocycles. The summed E-state index contributed by atoms with van der Waals surface area (Å²) in [5.41, 5.74) is 2.93. The van der Waals surface area contributed by atoms with E-state index in [1.54, 1.807) is 18.2 Å². The van der Waals surface area contributed by atoms with Crippen molar-refractivity contribution in [1.82, 2.24) is 10.2 Å². The van der Waals surface area contributed by atoms with Crippen LogP contribution in [0.25, 0.3) is 0 Å². The number of non-ortho nitro benzene ring substituents is 1. The molecule has 0 aromatic heterocycles. The van der Waals surface area contributed by atoms with E-state index in [9.17, 15) is 19.7 Å². The van der Waals surface area contributed by atoms with Crippen molar-refractivity contribution in [1.29, 1.82) is 0 Å². The van der Waals surface area contributed by atoms with Gasteiger partial charge in [-0.25, -0.2) is 9.89 Å². The molecule has 196 valence electrons. The first-order chi connectivity index (χ1) is 19.0. The highest BCUT2D eigenvalue weighted by atomic mass is 32.2. The minimum absolute atomic E-state index is 0.00430. The molecule has 6 rings (SSSR count). The molecule has 3 heterocycles. The molecule has 12 heteroatoms. The minimum Gasteiger partial charge on any atom is -0.454 e. The van der Waals surface area contributed by atoms with Crippen LogP contribution in [0.4, 0.5) is 11.4 Å². The zero-order chi connectivity index (χ0) is 26.9. The van der Waals surface area contributed by atoms with Crippen LogP contribution in [-0.4, -0.2) is 45.5 Å². The van der Waals surface area contributed by atoms with Crippen LogP contribution in [-0.2, 0) is 21.9 Å². The molecule has 3 aliphatic rings. The molecule has 0 radical (unpaired) electrons. The molecule has 11 nitrogen and oxygen atoms in total. The lowest BCUT2D eigenvalue weighted by atomic mass is 10.1. The molecule has 2 amide bonds. The smallest absolute Gasteiger partial charge is 0.269 e. The Balaban J connectivity index is 1.17. The van der Waals surface area contributed by atoms with Crippen LogP contribution in [0.5, 0.6) is 11.5 Å². The summed E-state index contributed by atoms with van der Waals surface area (Å²) in [5.74, 6) is 1.44. The van der Waals surface area contributed by atoms with E-state index in [-0.39, 0.29) is 37.3 Å². The number of rotatable bonds is 7. The van der Waals surface area contributed by atoms with E-state index < -0.39 is 11.0 Å². The van der Waals surface area contributed by atoms with Crippen molar-refractivity contribution in [2.75, 3.05) is 6.79 Å². The fourth-order valence-electron chi connectivity index (χ4n) is 4.44. The number of carbonyl (C=O) groups is 2. The maximum Gasteiger partial charge on any atom is 0.269 e. The Morgan fingerprint density at radius 3 is 2.79 bits per heavy atom. The average molecular weight is 544 g/mol. The third-order valence-electron chi connectivity index (χ3n) is 6.34. The van der Waals surface area contributed by atoms with Gasteiger partial charge in [0.05, 0.1) is 17.0 Å². The second-order valence-electron chi connectivity index (χ2n) is 8.94. The van der Waals surface area contributed by atoms with Gasteiger partial charge in [0.2, 0.25) is 12.7 Å². The van der Waals surface area contributed by atoms with Crippen molar-refractivity contribution in [2.24, 2.45) is 9.98 Å². The topological polar surface area (TPSA) is 136 Å². The first-order valence-electron chi connectivity index (χ1n) is 12.1. The summed E-state index contributed by atoms with van der Waals surface area (Å²) >= 11 is 1.28. The van der Waals surface area contributed by atoms with E-state index in [0.717, 1.165) is 11.1 Å². The van der Waals surface area contributed by atoms with Gasteiger partial charge in [0.25, 0.3) is 11.6 Å².